The third-order valence-corrected chi connectivity index (χ3v) is 2.37. The molecule has 1 rings (SSSR count). The van der Waals surface area contributed by atoms with Gasteiger partial charge in [-0.2, -0.15) is 0 Å². The van der Waals surface area contributed by atoms with Crippen molar-refractivity contribution >= 4 is 12.7 Å². The number of allylic oxidation sites excluding steroid dienone is 1. The Labute approximate surface area is 72.0 Å². The van der Waals surface area contributed by atoms with E-state index in [9.17, 15) is 9.59 Å². The molecule has 2 atom stereocenters. The fourth-order valence-electron chi connectivity index (χ4n) is 1.69. The lowest BCUT2D eigenvalue weighted by Gasteiger charge is -2.17. The van der Waals surface area contributed by atoms with E-state index in [1.165, 1.54) is 0 Å². The molecule has 1 amide bonds. The number of carbonyl (C=O) groups is 2. The van der Waals surface area contributed by atoms with Gasteiger partial charge in [-0.1, -0.05) is 6.08 Å². The van der Waals surface area contributed by atoms with Gasteiger partial charge in [0.05, 0.1) is 6.04 Å². The lowest BCUT2D eigenvalue weighted by molar-refractivity contribution is -0.124. The largest absolute Gasteiger partial charge is 0.335 e. The Hall–Kier alpha value is -1.12. The molecule has 66 valence electrons. The highest BCUT2D eigenvalue weighted by molar-refractivity contribution is 5.65. The molecule has 3 heteroatoms. The predicted octanol–water partition coefficient (Wildman–Crippen LogP) is 0.608. The third kappa shape index (κ3) is 1.55. The standard InChI is InChI=1S/C9H13NO2/c1-2-3-8-4-5-10(7-12)9(8)6-11/h2,6-9H,1,3-5H2/t8-,9+/m0/s1. The number of rotatable bonds is 4. The fraction of sp³-hybridized carbons (Fsp3) is 0.556. The molecular formula is C9H13NO2. The highest BCUT2D eigenvalue weighted by Crippen LogP contribution is 2.24. The van der Waals surface area contributed by atoms with Gasteiger partial charge in [0, 0.05) is 6.54 Å². The molecule has 0 unspecified atom stereocenters. The van der Waals surface area contributed by atoms with Crippen LogP contribution in [0.5, 0.6) is 0 Å². The van der Waals surface area contributed by atoms with Crippen LogP contribution in [0.25, 0.3) is 0 Å². The molecule has 0 aliphatic carbocycles. The van der Waals surface area contributed by atoms with Crippen molar-refractivity contribution in [2.75, 3.05) is 6.54 Å². The average molecular weight is 167 g/mol. The minimum atomic E-state index is -0.222. The molecule has 12 heavy (non-hydrogen) atoms. The van der Waals surface area contributed by atoms with Crippen LogP contribution in [0, 0.1) is 5.92 Å². The van der Waals surface area contributed by atoms with E-state index in [0.717, 1.165) is 25.5 Å². The van der Waals surface area contributed by atoms with E-state index in [2.05, 4.69) is 6.58 Å². The summed E-state index contributed by atoms with van der Waals surface area (Å²) in [6.45, 7) is 4.32. The SMILES string of the molecule is C=CC[C@H]1CCN(C=O)[C@@H]1C=O. The lowest BCUT2D eigenvalue weighted by atomic mass is 9.98. The number of amides is 1. The van der Waals surface area contributed by atoms with Crippen LogP contribution in [0.1, 0.15) is 12.8 Å². The maximum atomic E-state index is 10.6. The number of hydrogen-bond donors (Lipinski definition) is 0. The monoisotopic (exact) mass is 167 g/mol. The molecule has 1 aliphatic heterocycles. The predicted molar refractivity (Wildman–Crippen MR) is 45.5 cm³/mol. The summed E-state index contributed by atoms with van der Waals surface area (Å²) >= 11 is 0. The van der Waals surface area contributed by atoms with E-state index >= 15 is 0 Å². The Kier molecular flexibility index (Phi) is 3.02. The summed E-state index contributed by atoms with van der Waals surface area (Å²) < 4.78 is 0. The summed E-state index contributed by atoms with van der Waals surface area (Å²) in [7, 11) is 0. The van der Waals surface area contributed by atoms with E-state index in [0.29, 0.717) is 6.54 Å². The van der Waals surface area contributed by atoms with E-state index in [1.54, 1.807) is 11.0 Å². The number of hydrogen-bond acceptors (Lipinski definition) is 2. The smallest absolute Gasteiger partial charge is 0.210 e. The molecule has 1 aliphatic rings. The van der Waals surface area contributed by atoms with Gasteiger partial charge in [-0.25, -0.2) is 0 Å². The average Bonchev–Trinajstić information content (AvgIpc) is 2.47. The van der Waals surface area contributed by atoms with Crippen LogP contribution < -0.4 is 0 Å². The Balaban J connectivity index is 2.60. The zero-order chi connectivity index (χ0) is 8.97. The van der Waals surface area contributed by atoms with Crippen LogP contribution in [0.3, 0.4) is 0 Å². The van der Waals surface area contributed by atoms with Crippen LogP contribution in [-0.2, 0) is 9.59 Å². The van der Waals surface area contributed by atoms with E-state index in [4.69, 9.17) is 0 Å². The molecule has 1 fully saturated rings. The van der Waals surface area contributed by atoms with Gasteiger partial charge in [-0.3, -0.25) is 4.79 Å². The lowest BCUT2D eigenvalue weighted by Crippen LogP contribution is -2.32. The van der Waals surface area contributed by atoms with Gasteiger partial charge in [0.2, 0.25) is 6.41 Å². The number of nitrogens with zero attached hydrogens (tertiary/aromatic N) is 1. The molecule has 0 aromatic heterocycles. The second kappa shape index (κ2) is 4.04. The van der Waals surface area contributed by atoms with Gasteiger partial charge in [0.15, 0.2) is 0 Å². The number of likely N-dealkylation sites (tertiary alicyclic amines) is 1. The van der Waals surface area contributed by atoms with E-state index in [-0.39, 0.29) is 12.0 Å². The summed E-state index contributed by atoms with van der Waals surface area (Å²) in [5.74, 6) is 0.283. The Morgan fingerprint density at radius 1 is 1.50 bits per heavy atom. The number of carbonyl (C=O) groups excluding carboxylic acids is 2. The van der Waals surface area contributed by atoms with Crippen molar-refractivity contribution in [1.29, 1.82) is 0 Å². The van der Waals surface area contributed by atoms with E-state index < -0.39 is 0 Å². The molecular weight excluding hydrogens is 154 g/mol. The zero-order valence-electron chi connectivity index (χ0n) is 6.98. The zero-order valence-corrected chi connectivity index (χ0v) is 6.98. The van der Waals surface area contributed by atoms with Crippen molar-refractivity contribution in [3.8, 4) is 0 Å². The van der Waals surface area contributed by atoms with Crippen LogP contribution >= 0.6 is 0 Å². The first-order chi connectivity index (χ1) is 5.83. The molecule has 0 aromatic carbocycles. The summed E-state index contributed by atoms with van der Waals surface area (Å²) in [5.41, 5.74) is 0. The molecule has 0 radical (unpaired) electrons. The second-order valence-corrected chi connectivity index (χ2v) is 3.04. The van der Waals surface area contributed by atoms with Crippen molar-refractivity contribution in [2.45, 2.75) is 18.9 Å². The van der Waals surface area contributed by atoms with Gasteiger partial charge in [-0.15, -0.1) is 6.58 Å². The van der Waals surface area contributed by atoms with Crippen molar-refractivity contribution in [1.82, 2.24) is 4.90 Å². The first-order valence-electron chi connectivity index (χ1n) is 4.10. The first kappa shape index (κ1) is 8.97. The maximum Gasteiger partial charge on any atom is 0.210 e. The Morgan fingerprint density at radius 2 is 2.25 bits per heavy atom. The molecule has 3 nitrogen and oxygen atoms in total. The Bertz CT molecular complexity index is 191. The highest BCUT2D eigenvalue weighted by atomic mass is 16.1. The highest BCUT2D eigenvalue weighted by Gasteiger charge is 2.31. The quantitative estimate of drug-likeness (QED) is 0.454. The van der Waals surface area contributed by atoms with Gasteiger partial charge in [0.25, 0.3) is 0 Å². The van der Waals surface area contributed by atoms with Crippen molar-refractivity contribution in [3.63, 3.8) is 0 Å². The van der Waals surface area contributed by atoms with Gasteiger partial charge in [0.1, 0.15) is 6.29 Å². The molecule has 0 saturated carbocycles. The summed E-state index contributed by atoms with van der Waals surface area (Å²) in [6.07, 6.45) is 5.13. The van der Waals surface area contributed by atoms with E-state index in [1.807, 2.05) is 0 Å². The van der Waals surface area contributed by atoms with Crippen LogP contribution in [0.15, 0.2) is 12.7 Å². The molecule has 0 aromatic rings. The summed E-state index contributed by atoms with van der Waals surface area (Å²) in [6, 6.07) is -0.222. The third-order valence-electron chi connectivity index (χ3n) is 2.37. The topological polar surface area (TPSA) is 37.4 Å². The first-order valence-corrected chi connectivity index (χ1v) is 4.10. The number of aldehydes is 1. The molecule has 0 bridgehead atoms. The van der Waals surface area contributed by atoms with Gasteiger partial charge < -0.3 is 9.69 Å². The van der Waals surface area contributed by atoms with Crippen LogP contribution in [-0.4, -0.2) is 30.2 Å². The maximum absolute atomic E-state index is 10.6. The summed E-state index contributed by atoms with van der Waals surface area (Å²) in [4.78, 5) is 22.7. The minimum Gasteiger partial charge on any atom is -0.335 e. The van der Waals surface area contributed by atoms with Gasteiger partial charge in [-0.05, 0) is 18.8 Å². The van der Waals surface area contributed by atoms with Crippen LogP contribution in [0.2, 0.25) is 0 Å². The van der Waals surface area contributed by atoms with Crippen molar-refractivity contribution < 1.29 is 9.59 Å². The molecule has 1 heterocycles. The fourth-order valence-corrected chi connectivity index (χ4v) is 1.69. The van der Waals surface area contributed by atoms with Gasteiger partial charge >= 0.3 is 0 Å². The second-order valence-electron chi connectivity index (χ2n) is 3.04. The molecule has 0 N–H and O–H groups in total. The van der Waals surface area contributed by atoms with Crippen LogP contribution in [0.4, 0.5) is 0 Å². The Morgan fingerprint density at radius 3 is 2.75 bits per heavy atom. The molecule has 1 saturated heterocycles. The van der Waals surface area contributed by atoms with Crippen molar-refractivity contribution in [3.05, 3.63) is 12.7 Å². The normalized spacial score (nSPS) is 28.5. The minimum absolute atomic E-state index is 0.222. The summed E-state index contributed by atoms with van der Waals surface area (Å²) in [5, 5.41) is 0. The molecule has 0 spiro atoms. The van der Waals surface area contributed by atoms with Crippen molar-refractivity contribution in [2.24, 2.45) is 5.92 Å².